The van der Waals surface area contributed by atoms with E-state index < -0.39 is 5.97 Å². The van der Waals surface area contributed by atoms with Crippen LogP contribution in [0.15, 0.2) is 0 Å². The molecular weight excluding hydrogens is 107 g/mol. The Hall–Kier alpha value is 0.140. The minimum absolute atomic E-state index is 0. The molecule has 0 unspecified atom stereocenters. The van der Waals surface area contributed by atoms with Crippen LogP contribution in [0.5, 0.6) is 0 Å². The van der Waals surface area contributed by atoms with Crippen molar-refractivity contribution in [3.63, 3.8) is 0 Å². The third-order valence-electron chi connectivity index (χ3n) is 0.258. The van der Waals surface area contributed by atoms with Gasteiger partial charge in [-0.25, -0.2) is 0 Å². The molecule has 0 saturated heterocycles. The summed E-state index contributed by atoms with van der Waals surface area (Å²) in [7, 11) is 0. The van der Waals surface area contributed by atoms with Gasteiger partial charge in [0.25, 0.3) is 0 Å². The van der Waals surface area contributed by atoms with Crippen LogP contribution in [0.4, 0.5) is 0 Å². The van der Waals surface area contributed by atoms with E-state index in [1.54, 1.807) is 0 Å². The predicted octanol–water partition coefficient (Wildman–Crippen LogP) is -3.34. The van der Waals surface area contributed by atoms with Crippen LogP contribution < -0.4 is 29.6 Å². The minimum Gasteiger partial charge on any atom is -0.481 e. The van der Waals surface area contributed by atoms with Crippen LogP contribution in [-0.2, 0) is 9.59 Å². The van der Waals surface area contributed by atoms with Crippen molar-refractivity contribution in [1.82, 2.24) is 0 Å². The van der Waals surface area contributed by atoms with Crippen molar-refractivity contribution in [2.75, 3.05) is 0 Å². The van der Waals surface area contributed by atoms with Crippen molar-refractivity contribution in [3.8, 4) is 0 Å². The summed E-state index contributed by atoms with van der Waals surface area (Å²) in [6.45, 7) is 0. The smallest absolute Gasteiger partial charge is 0.481 e. The minimum atomic E-state index is -1.08. The third kappa shape index (κ3) is 10.7. The average Bonchev–Trinajstić information content (AvgIpc) is 1.35. The molecule has 0 aromatic rings. The second-order valence-corrected chi connectivity index (χ2v) is 0.765. The summed E-state index contributed by atoms with van der Waals surface area (Å²) in [5.41, 5.74) is 0. The number of aldehydes is 1. The molecule has 0 aromatic carbocycles. The Balaban J connectivity index is 0. The molecule has 0 heterocycles. The normalized spacial score (nSPS) is 6.29. The average molecular weight is 111 g/mol. The van der Waals surface area contributed by atoms with Gasteiger partial charge >= 0.3 is 35.5 Å². The summed E-state index contributed by atoms with van der Waals surface area (Å²) in [4.78, 5) is 18.6. The Labute approximate surface area is 63.0 Å². The fourth-order valence-electron chi connectivity index (χ4n) is 0.0713. The molecule has 0 rings (SSSR count). The summed E-state index contributed by atoms with van der Waals surface area (Å²) in [5.74, 6) is -1.08. The van der Waals surface area contributed by atoms with Gasteiger partial charge in [0.15, 0.2) is 0 Å². The fourth-order valence-corrected chi connectivity index (χ4v) is 0.0713. The van der Waals surface area contributed by atoms with Crippen LogP contribution in [-0.4, -0.2) is 17.4 Å². The molecule has 0 aliphatic rings. The fraction of sp³-hybridized carbons (Fsp3) is 0.333. The first-order chi connectivity index (χ1) is 2.77. The van der Waals surface area contributed by atoms with Crippen LogP contribution in [0.25, 0.3) is 0 Å². The van der Waals surface area contributed by atoms with E-state index in [0.29, 0.717) is 6.29 Å². The second kappa shape index (κ2) is 6.14. The SMILES string of the molecule is O=CCC(=O)O.[Na+]. The molecule has 0 radical (unpaired) electrons. The quantitative estimate of drug-likeness (QED) is 0.230. The molecule has 0 amide bonds. The number of carboxylic acids is 1. The molecule has 0 atom stereocenters. The van der Waals surface area contributed by atoms with Gasteiger partial charge in [-0.2, -0.15) is 0 Å². The van der Waals surface area contributed by atoms with E-state index in [1.165, 1.54) is 0 Å². The maximum absolute atomic E-state index is 9.37. The van der Waals surface area contributed by atoms with Crippen LogP contribution in [0.1, 0.15) is 6.42 Å². The number of carbonyl (C=O) groups excluding carboxylic acids is 1. The molecule has 0 fully saturated rings. The van der Waals surface area contributed by atoms with Gasteiger partial charge in [0.1, 0.15) is 12.7 Å². The van der Waals surface area contributed by atoms with Gasteiger partial charge in [-0.3, -0.25) is 4.79 Å². The summed E-state index contributed by atoms with van der Waals surface area (Å²) in [6.07, 6.45) is -0.0394. The Morgan fingerprint density at radius 1 is 1.71 bits per heavy atom. The van der Waals surface area contributed by atoms with Crippen molar-refractivity contribution >= 4 is 12.3 Å². The van der Waals surface area contributed by atoms with E-state index in [2.05, 4.69) is 0 Å². The van der Waals surface area contributed by atoms with E-state index in [9.17, 15) is 9.59 Å². The molecule has 0 saturated carbocycles. The van der Waals surface area contributed by atoms with Crippen LogP contribution in [0.2, 0.25) is 0 Å². The molecule has 0 spiro atoms. The zero-order valence-electron chi connectivity index (χ0n) is 4.05. The van der Waals surface area contributed by atoms with E-state index in [1.807, 2.05) is 0 Å². The largest absolute Gasteiger partial charge is 1.00 e. The van der Waals surface area contributed by atoms with Crippen molar-refractivity contribution in [3.05, 3.63) is 0 Å². The first kappa shape index (κ1) is 10.2. The molecule has 4 heteroatoms. The van der Waals surface area contributed by atoms with Gasteiger partial charge in [-0.15, -0.1) is 0 Å². The van der Waals surface area contributed by atoms with Gasteiger partial charge in [0.2, 0.25) is 0 Å². The third-order valence-corrected chi connectivity index (χ3v) is 0.258. The molecule has 0 bridgehead atoms. The van der Waals surface area contributed by atoms with Crippen molar-refractivity contribution in [1.29, 1.82) is 0 Å². The van der Waals surface area contributed by atoms with E-state index >= 15 is 0 Å². The Kier molecular flexibility index (Phi) is 8.94. The van der Waals surface area contributed by atoms with Crippen LogP contribution in [0, 0.1) is 0 Å². The second-order valence-electron chi connectivity index (χ2n) is 0.765. The zero-order valence-corrected chi connectivity index (χ0v) is 6.05. The summed E-state index contributed by atoms with van der Waals surface area (Å²) in [6, 6.07) is 0. The molecular formula is C3H4NaO3+. The summed E-state index contributed by atoms with van der Waals surface area (Å²) >= 11 is 0. The summed E-state index contributed by atoms with van der Waals surface area (Å²) < 4.78 is 0. The number of aliphatic carboxylic acids is 1. The van der Waals surface area contributed by atoms with Gasteiger partial charge in [-0.1, -0.05) is 0 Å². The molecule has 0 aliphatic heterocycles. The molecule has 0 aromatic heterocycles. The predicted molar refractivity (Wildman–Crippen MR) is 18.3 cm³/mol. The zero-order chi connectivity index (χ0) is 4.99. The van der Waals surface area contributed by atoms with E-state index in [0.717, 1.165) is 0 Å². The Morgan fingerprint density at radius 3 is 2.14 bits per heavy atom. The van der Waals surface area contributed by atoms with Gasteiger partial charge in [0, 0.05) is 0 Å². The first-order valence-electron chi connectivity index (χ1n) is 1.43. The maximum atomic E-state index is 9.37. The summed E-state index contributed by atoms with van der Waals surface area (Å²) in [5, 5.41) is 7.68. The molecule has 7 heavy (non-hydrogen) atoms. The number of rotatable bonds is 2. The van der Waals surface area contributed by atoms with E-state index in [4.69, 9.17) is 5.11 Å². The standard InChI is InChI=1S/C3H4O3.Na/c4-2-1-3(5)6;/h2H,1H2,(H,5,6);/q;+1. The molecule has 0 aliphatic carbocycles. The van der Waals surface area contributed by atoms with E-state index in [-0.39, 0.29) is 36.0 Å². The molecule has 3 nitrogen and oxygen atoms in total. The van der Waals surface area contributed by atoms with Gasteiger partial charge in [0.05, 0.1) is 0 Å². The Bertz CT molecular complexity index is 70.6. The number of hydrogen-bond donors (Lipinski definition) is 1. The number of carbonyl (C=O) groups is 2. The van der Waals surface area contributed by atoms with Crippen LogP contribution >= 0.6 is 0 Å². The monoisotopic (exact) mass is 111 g/mol. The number of carboxylic acid groups (broad SMARTS) is 1. The molecule has 34 valence electrons. The van der Waals surface area contributed by atoms with Crippen molar-refractivity contribution in [2.45, 2.75) is 6.42 Å². The maximum Gasteiger partial charge on any atom is 1.00 e. The van der Waals surface area contributed by atoms with Crippen molar-refractivity contribution in [2.24, 2.45) is 0 Å². The Morgan fingerprint density at radius 2 is 2.14 bits per heavy atom. The number of hydrogen-bond acceptors (Lipinski definition) is 2. The van der Waals surface area contributed by atoms with Gasteiger partial charge in [-0.05, 0) is 0 Å². The van der Waals surface area contributed by atoms with Gasteiger partial charge < -0.3 is 9.90 Å². The molecule has 1 N–H and O–H groups in total. The van der Waals surface area contributed by atoms with Crippen molar-refractivity contribution < 1.29 is 44.3 Å². The van der Waals surface area contributed by atoms with Crippen LogP contribution in [0.3, 0.4) is 0 Å². The first-order valence-corrected chi connectivity index (χ1v) is 1.43. The topological polar surface area (TPSA) is 54.4 Å².